The summed E-state index contributed by atoms with van der Waals surface area (Å²) in [5.41, 5.74) is 1.03. The molecule has 1 unspecified atom stereocenters. The number of rotatable bonds is 6. The lowest BCUT2D eigenvalue weighted by atomic mass is 10.1. The first kappa shape index (κ1) is 16.7. The van der Waals surface area contributed by atoms with Gasteiger partial charge in [-0.25, -0.2) is 12.7 Å². The molecule has 0 saturated heterocycles. The summed E-state index contributed by atoms with van der Waals surface area (Å²) < 4.78 is 30.8. The van der Waals surface area contributed by atoms with E-state index in [4.69, 9.17) is 4.42 Å². The molecule has 0 aliphatic carbocycles. The van der Waals surface area contributed by atoms with E-state index in [1.54, 1.807) is 12.1 Å². The number of benzene rings is 1. The van der Waals surface area contributed by atoms with Crippen LogP contribution in [0.25, 0.3) is 0 Å². The molecule has 1 N–H and O–H groups in total. The van der Waals surface area contributed by atoms with Crippen molar-refractivity contribution in [1.82, 2.24) is 9.62 Å². The molecule has 1 aromatic heterocycles. The third-order valence-corrected chi connectivity index (χ3v) is 5.37. The van der Waals surface area contributed by atoms with Crippen LogP contribution in [-0.2, 0) is 16.6 Å². The standard InChI is InChI=1S/C16H22N2O3S/c1-12-5-8-15(21-12)11-17-13(2)14-6-9-16(10-7-14)22(19,20)18(3)4/h5-10,13,17H,11H2,1-4H3. The normalized spacial score (nSPS) is 13.5. The van der Waals surface area contributed by atoms with Crippen molar-refractivity contribution in [3.8, 4) is 0 Å². The second-order valence-corrected chi connectivity index (χ2v) is 7.62. The molecule has 1 atom stereocenters. The zero-order chi connectivity index (χ0) is 16.3. The Hall–Kier alpha value is -1.63. The van der Waals surface area contributed by atoms with Crippen LogP contribution in [0.4, 0.5) is 0 Å². The molecular weight excluding hydrogens is 300 g/mol. The van der Waals surface area contributed by atoms with Crippen molar-refractivity contribution < 1.29 is 12.8 Å². The first-order chi connectivity index (χ1) is 10.3. The fourth-order valence-electron chi connectivity index (χ4n) is 2.09. The number of nitrogens with one attached hydrogen (secondary N) is 1. The SMILES string of the molecule is Cc1ccc(CNC(C)c2ccc(S(=O)(=O)N(C)C)cc2)o1. The lowest BCUT2D eigenvalue weighted by Gasteiger charge is -2.15. The Balaban J connectivity index is 2.03. The van der Waals surface area contributed by atoms with Crippen molar-refractivity contribution in [2.45, 2.75) is 31.3 Å². The Morgan fingerprint density at radius 3 is 2.27 bits per heavy atom. The minimum absolute atomic E-state index is 0.0986. The van der Waals surface area contributed by atoms with Crippen LogP contribution in [0.3, 0.4) is 0 Å². The molecule has 120 valence electrons. The molecule has 0 saturated carbocycles. The van der Waals surface area contributed by atoms with Gasteiger partial charge in [0.25, 0.3) is 0 Å². The molecule has 5 nitrogen and oxygen atoms in total. The number of aryl methyl sites for hydroxylation is 1. The van der Waals surface area contributed by atoms with Crippen LogP contribution in [-0.4, -0.2) is 26.8 Å². The molecule has 0 aliphatic heterocycles. The predicted octanol–water partition coefficient (Wildman–Crippen LogP) is 2.69. The lowest BCUT2D eigenvalue weighted by molar-refractivity contribution is 0.444. The van der Waals surface area contributed by atoms with Gasteiger partial charge in [-0.05, 0) is 43.7 Å². The van der Waals surface area contributed by atoms with Gasteiger partial charge >= 0.3 is 0 Å². The van der Waals surface area contributed by atoms with E-state index in [2.05, 4.69) is 5.32 Å². The Morgan fingerprint density at radius 1 is 1.14 bits per heavy atom. The van der Waals surface area contributed by atoms with Crippen LogP contribution < -0.4 is 5.32 Å². The summed E-state index contributed by atoms with van der Waals surface area (Å²) in [4.78, 5) is 0.301. The third kappa shape index (κ3) is 3.76. The Labute approximate surface area is 132 Å². The second kappa shape index (κ2) is 6.64. The van der Waals surface area contributed by atoms with Gasteiger partial charge in [0.05, 0.1) is 11.4 Å². The quantitative estimate of drug-likeness (QED) is 0.888. The Bertz CT molecular complexity index is 718. The summed E-state index contributed by atoms with van der Waals surface area (Å²) >= 11 is 0. The van der Waals surface area contributed by atoms with Crippen LogP contribution in [0.15, 0.2) is 45.7 Å². The highest BCUT2D eigenvalue weighted by atomic mass is 32.2. The number of sulfonamides is 1. The van der Waals surface area contributed by atoms with Gasteiger partial charge in [0.2, 0.25) is 10.0 Å². The topological polar surface area (TPSA) is 62.6 Å². The summed E-state index contributed by atoms with van der Waals surface area (Å²) in [6, 6.07) is 10.9. The first-order valence-electron chi connectivity index (χ1n) is 7.12. The van der Waals surface area contributed by atoms with E-state index in [0.29, 0.717) is 11.4 Å². The molecule has 0 bridgehead atoms. The van der Waals surface area contributed by atoms with E-state index in [9.17, 15) is 8.42 Å². The van der Waals surface area contributed by atoms with Gasteiger partial charge in [0.15, 0.2) is 0 Å². The Morgan fingerprint density at radius 2 is 1.77 bits per heavy atom. The highest BCUT2D eigenvalue weighted by Gasteiger charge is 2.17. The van der Waals surface area contributed by atoms with Gasteiger partial charge in [0.1, 0.15) is 11.5 Å². The van der Waals surface area contributed by atoms with Crippen LogP contribution in [0.1, 0.15) is 30.0 Å². The molecule has 0 radical (unpaired) electrons. The van der Waals surface area contributed by atoms with Crippen molar-refractivity contribution in [3.05, 3.63) is 53.5 Å². The molecule has 0 fully saturated rings. The van der Waals surface area contributed by atoms with Crippen LogP contribution in [0.2, 0.25) is 0 Å². The fraction of sp³-hybridized carbons (Fsp3) is 0.375. The van der Waals surface area contributed by atoms with Crippen LogP contribution in [0, 0.1) is 6.92 Å². The van der Waals surface area contributed by atoms with E-state index in [0.717, 1.165) is 17.1 Å². The highest BCUT2D eigenvalue weighted by molar-refractivity contribution is 7.89. The van der Waals surface area contributed by atoms with E-state index in [1.165, 1.54) is 18.4 Å². The number of hydrogen-bond acceptors (Lipinski definition) is 4. The zero-order valence-electron chi connectivity index (χ0n) is 13.3. The van der Waals surface area contributed by atoms with Crippen molar-refractivity contribution in [2.24, 2.45) is 0 Å². The maximum absolute atomic E-state index is 12.0. The van der Waals surface area contributed by atoms with Crippen molar-refractivity contribution in [3.63, 3.8) is 0 Å². The van der Waals surface area contributed by atoms with Crippen molar-refractivity contribution >= 4 is 10.0 Å². The summed E-state index contributed by atoms with van der Waals surface area (Å²) in [7, 11) is -0.321. The predicted molar refractivity (Wildman–Crippen MR) is 86.0 cm³/mol. The number of nitrogens with zero attached hydrogens (tertiary/aromatic N) is 1. The minimum atomic E-state index is -3.37. The Kier molecular flexibility index (Phi) is 5.05. The molecule has 2 aromatic rings. The lowest BCUT2D eigenvalue weighted by Crippen LogP contribution is -2.22. The summed E-state index contributed by atoms with van der Waals surface area (Å²) in [6.45, 7) is 4.58. The maximum atomic E-state index is 12.0. The van der Waals surface area contributed by atoms with Crippen LogP contribution in [0.5, 0.6) is 0 Å². The average molecular weight is 322 g/mol. The molecule has 0 aliphatic rings. The fourth-order valence-corrected chi connectivity index (χ4v) is 2.99. The van der Waals surface area contributed by atoms with Gasteiger partial charge in [-0.2, -0.15) is 0 Å². The molecular formula is C16H22N2O3S. The van der Waals surface area contributed by atoms with E-state index in [-0.39, 0.29) is 6.04 Å². The largest absolute Gasteiger partial charge is 0.465 e. The van der Waals surface area contributed by atoms with Gasteiger partial charge in [-0.3, -0.25) is 0 Å². The van der Waals surface area contributed by atoms with Gasteiger partial charge < -0.3 is 9.73 Å². The summed E-state index contributed by atoms with van der Waals surface area (Å²) in [5, 5.41) is 3.36. The highest BCUT2D eigenvalue weighted by Crippen LogP contribution is 2.18. The molecule has 1 heterocycles. The second-order valence-electron chi connectivity index (χ2n) is 5.47. The molecule has 2 rings (SSSR count). The van der Waals surface area contributed by atoms with E-state index < -0.39 is 10.0 Å². The van der Waals surface area contributed by atoms with Gasteiger partial charge in [-0.15, -0.1) is 0 Å². The number of furan rings is 1. The smallest absolute Gasteiger partial charge is 0.242 e. The minimum Gasteiger partial charge on any atom is -0.465 e. The van der Waals surface area contributed by atoms with Crippen LogP contribution >= 0.6 is 0 Å². The van der Waals surface area contributed by atoms with Crippen molar-refractivity contribution in [1.29, 1.82) is 0 Å². The zero-order valence-corrected chi connectivity index (χ0v) is 14.1. The number of hydrogen-bond donors (Lipinski definition) is 1. The monoisotopic (exact) mass is 322 g/mol. The van der Waals surface area contributed by atoms with E-state index >= 15 is 0 Å². The molecule has 6 heteroatoms. The molecule has 22 heavy (non-hydrogen) atoms. The third-order valence-electron chi connectivity index (χ3n) is 3.54. The molecule has 0 amide bonds. The van der Waals surface area contributed by atoms with E-state index in [1.807, 2.05) is 38.1 Å². The van der Waals surface area contributed by atoms with Crippen molar-refractivity contribution in [2.75, 3.05) is 14.1 Å². The summed E-state index contributed by atoms with van der Waals surface area (Å²) in [6.07, 6.45) is 0. The van der Waals surface area contributed by atoms with Gasteiger partial charge in [-0.1, -0.05) is 12.1 Å². The van der Waals surface area contributed by atoms with Gasteiger partial charge in [0, 0.05) is 20.1 Å². The maximum Gasteiger partial charge on any atom is 0.242 e. The molecule has 1 aromatic carbocycles. The molecule has 0 spiro atoms. The first-order valence-corrected chi connectivity index (χ1v) is 8.56. The summed E-state index contributed by atoms with van der Waals surface area (Å²) in [5.74, 6) is 1.78. The average Bonchev–Trinajstić information content (AvgIpc) is 2.90.